The Morgan fingerprint density at radius 1 is 1.22 bits per heavy atom. The molecule has 0 saturated carbocycles. The molecular formula is C19H23NO3. The van der Waals surface area contributed by atoms with E-state index in [0.29, 0.717) is 18.4 Å². The lowest BCUT2D eigenvalue weighted by molar-refractivity contribution is 0.0931. The number of carbonyl (C=O) groups excluding carboxylic acids is 1. The summed E-state index contributed by atoms with van der Waals surface area (Å²) in [5.41, 5.74) is 2.55. The van der Waals surface area contributed by atoms with Gasteiger partial charge < -0.3 is 15.2 Å². The third kappa shape index (κ3) is 4.57. The van der Waals surface area contributed by atoms with Crippen LogP contribution in [0.2, 0.25) is 0 Å². The summed E-state index contributed by atoms with van der Waals surface area (Å²) in [5, 5.41) is 12.2. The lowest BCUT2D eigenvalue weighted by Gasteiger charge is -2.20. The number of rotatable bonds is 7. The Bertz CT molecular complexity index is 640. The molecule has 0 heterocycles. The van der Waals surface area contributed by atoms with E-state index in [4.69, 9.17) is 9.84 Å². The molecule has 0 aliphatic rings. The molecule has 1 atom stereocenters. The van der Waals surface area contributed by atoms with Crippen molar-refractivity contribution >= 4 is 5.91 Å². The molecule has 1 amide bonds. The van der Waals surface area contributed by atoms with Crippen molar-refractivity contribution in [3.63, 3.8) is 0 Å². The average molecular weight is 313 g/mol. The molecule has 4 nitrogen and oxygen atoms in total. The first-order valence-corrected chi connectivity index (χ1v) is 7.77. The highest BCUT2D eigenvalue weighted by atomic mass is 16.5. The molecule has 2 rings (SSSR count). The molecule has 0 aliphatic carbocycles. The van der Waals surface area contributed by atoms with Crippen molar-refractivity contribution in [3.8, 4) is 5.75 Å². The highest BCUT2D eigenvalue weighted by Gasteiger charge is 2.17. The first kappa shape index (κ1) is 17.0. The van der Waals surface area contributed by atoms with E-state index in [1.54, 1.807) is 19.2 Å². The molecule has 0 bridgehead atoms. The van der Waals surface area contributed by atoms with Crippen LogP contribution in [0.3, 0.4) is 0 Å². The number of ether oxygens (including phenoxy) is 1. The number of amides is 1. The van der Waals surface area contributed by atoms with Crippen molar-refractivity contribution in [3.05, 3.63) is 65.2 Å². The van der Waals surface area contributed by atoms with Gasteiger partial charge in [-0.1, -0.05) is 30.3 Å². The minimum Gasteiger partial charge on any atom is -0.497 e. The molecule has 0 saturated heterocycles. The van der Waals surface area contributed by atoms with Gasteiger partial charge in [-0.3, -0.25) is 4.79 Å². The number of methoxy groups -OCH3 is 1. The van der Waals surface area contributed by atoms with E-state index in [0.717, 1.165) is 16.9 Å². The molecule has 4 heteroatoms. The molecule has 0 radical (unpaired) electrons. The lowest BCUT2D eigenvalue weighted by atomic mass is 10.0. The molecule has 0 aromatic heterocycles. The van der Waals surface area contributed by atoms with Gasteiger partial charge in [0.05, 0.1) is 13.2 Å². The number of aryl methyl sites for hydroxylation is 1. The Hall–Kier alpha value is -2.33. The molecule has 0 fully saturated rings. The summed E-state index contributed by atoms with van der Waals surface area (Å²) >= 11 is 0. The van der Waals surface area contributed by atoms with Crippen LogP contribution >= 0.6 is 0 Å². The van der Waals surface area contributed by atoms with E-state index in [2.05, 4.69) is 5.32 Å². The first-order chi connectivity index (χ1) is 11.2. The summed E-state index contributed by atoms with van der Waals surface area (Å²) in [6.07, 6.45) is 1.34. The Kier molecular flexibility index (Phi) is 6.18. The van der Waals surface area contributed by atoms with Gasteiger partial charge in [0, 0.05) is 12.2 Å². The summed E-state index contributed by atoms with van der Waals surface area (Å²) in [4.78, 5) is 12.6. The topological polar surface area (TPSA) is 58.6 Å². The second-order valence-electron chi connectivity index (χ2n) is 5.48. The van der Waals surface area contributed by atoms with Crippen LogP contribution in [0.5, 0.6) is 5.75 Å². The number of aliphatic hydroxyl groups excluding tert-OH is 1. The van der Waals surface area contributed by atoms with Gasteiger partial charge in [-0.15, -0.1) is 0 Å². The van der Waals surface area contributed by atoms with E-state index >= 15 is 0 Å². The lowest BCUT2D eigenvalue weighted by Crippen LogP contribution is -2.29. The zero-order chi connectivity index (χ0) is 16.7. The van der Waals surface area contributed by atoms with Gasteiger partial charge in [0.15, 0.2) is 0 Å². The maximum atomic E-state index is 12.6. The molecule has 2 N–H and O–H groups in total. The third-order valence-electron chi connectivity index (χ3n) is 3.84. The smallest absolute Gasteiger partial charge is 0.252 e. The Labute approximate surface area is 137 Å². The van der Waals surface area contributed by atoms with E-state index in [-0.39, 0.29) is 18.6 Å². The van der Waals surface area contributed by atoms with Gasteiger partial charge in [0.25, 0.3) is 5.91 Å². The van der Waals surface area contributed by atoms with Gasteiger partial charge in [-0.25, -0.2) is 0 Å². The Morgan fingerprint density at radius 3 is 2.57 bits per heavy atom. The van der Waals surface area contributed by atoms with E-state index in [9.17, 15) is 4.79 Å². The standard InChI is InChI=1S/C19H23NO3/c1-14-13-16(23-2)10-11-17(14)19(22)20-18(9-6-12-21)15-7-4-3-5-8-15/h3-5,7-8,10-11,13,18,21H,6,9,12H2,1-2H3,(H,20,22). The quantitative estimate of drug-likeness (QED) is 0.825. The van der Waals surface area contributed by atoms with Crippen LogP contribution in [0.4, 0.5) is 0 Å². The fourth-order valence-corrected chi connectivity index (χ4v) is 2.56. The monoisotopic (exact) mass is 313 g/mol. The molecule has 23 heavy (non-hydrogen) atoms. The number of aliphatic hydroxyl groups is 1. The van der Waals surface area contributed by atoms with Crippen LogP contribution in [0.15, 0.2) is 48.5 Å². The number of hydrogen-bond acceptors (Lipinski definition) is 3. The van der Waals surface area contributed by atoms with Gasteiger partial charge in [0.2, 0.25) is 0 Å². The summed E-state index contributed by atoms with van der Waals surface area (Å²) in [5.74, 6) is 0.621. The highest BCUT2D eigenvalue weighted by Crippen LogP contribution is 2.21. The third-order valence-corrected chi connectivity index (χ3v) is 3.84. The predicted molar refractivity (Wildman–Crippen MR) is 90.7 cm³/mol. The summed E-state index contributed by atoms with van der Waals surface area (Å²) in [7, 11) is 1.61. The minimum absolute atomic E-state index is 0.112. The predicted octanol–water partition coefficient (Wildman–Crippen LogP) is 3.25. The molecular weight excluding hydrogens is 290 g/mol. The number of benzene rings is 2. The number of hydrogen-bond donors (Lipinski definition) is 2. The zero-order valence-corrected chi connectivity index (χ0v) is 13.6. The molecule has 122 valence electrons. The minimum atomic E-state index is -0.114. The van der Waals surface area contributed by atoms with Gasteiger partial charge >= 0.3 is 0 Å². The summed E-state index contributed by atoms with van der Waals surface area (Å²) in [6, 6.07) is 15.1. The fraction of sp³-hybridized carbons (Fsp3) is 0.316. The Balaban J connectivity index is 2.17. The van der Waals surface area contributed by atoms with Crippen LogP contribution in [0.25, 0.3) is 0 Å². The molecule has 2 aromatic rings. The SMILES string of the molecule is COc1ccc(C(=O)NC(CCCO)c2ccccc2)c(C)c1. The average Bonchev–Trinajstić information content (AvgIpc) is 2.58. The zero-order valence-electron chi connectivity index (χ0n) is 13.6. The van der Waals surface area contributed by atoms with E-state index < -0.39 is 0 Å². The van der Waals surface area contributed by atoms with E-state index in [1.165, 1.54) is 0 Å². The van der Waals surface area contributed by atoms with Gasteiger partial charge in [-0.05, 0) is 49.1 Å². The van der Waals surface area contributed by atoms with Crippen molar-refractivity contribution in [2.24, 2.45) is 0 Å². The summed E-state index contributed by atoms with van der Waals surface area (Å²) < 4.78 is 5.17. The van der Waals surface area contributed by atoms with Crippen LogP contribution in [-0.2, 0) is 0 Å². The van der Waals surface area contributed by atoms with Crippen molar-refractivity contribution in [2.45, 2.75) is 25.8 Å². The van der Waals surface area contributed by atoms with Crippen molar-refractivity contribution in [1.29, 1.82) is 0 Å². The maximum Gasteiger partial charge on any atom is 0.252 e. The molecule has 2 aromatic carbocycles. The van der Waals surface area contributed by atoms with Crippen LogP contribution < -0.4 is 10.1 Å². The Morgan fingerprint density at radius 2 is 1.96 bits per heavy atom. The summed E-state index contributed by atoms with van der Waals surface area (Å²) in [6.45, 7) is 2.00. The highest BCUT2D eigenvalue weighted by molar-refractivity contribution is 5.96. The maximum absolute atomic E-state index is 12.6. The molecule has 1 unspecified atom stereocenters. The van der Waals surface area contributed by atoms with Gasteiger partial charge in [-0.2, -0.15) is 0 Å². The number of carbonyl (C=O) groups is 1. The van der Waals surface area contributed by atoms with Crippen LogP contribution in [0.1, 0.15) is 40.4 Å². The van der Waals surface area contributed by atoms with Crippen molar-refractivity contribution in [2.75, 3.05) is 13.7 Å². The second-order valence-corrected chi connectivity index (χ2v) is 5.48. The van der Waals surface area contributed by atoms with Crippen molar-refractivity contribution < 1.29 is 14.6 Å². The molecule has 0 spiro atoms. The second kappa shape index (κ2) is 8.34. The fourth-order valence-electron chi connectivity index (χ4n) is 2.56. The van der Waals surface area contributed by atoms with Crippen LogP contribution in [-0.4, -0.2) is 24.7 Å². The van der Waals surface area contributed by atoms with Gasteiger partial charge in [0.1, 0.15) is 5.75 Å². The first-order valence-electron chi connectivity index (χ1n) is 7.77. The largest absolute Gasteiger partial charge is 0.497 e. The normalized spacial score (nSPS) is 11.8. The van der Waals surface area contributed by atoms with Crippen LogP contribution in [0, 0.1) is 6.92 Å². The number of nitrogens with one attached hydrogen (secondary N) is 1. The van der Waals surface area contributed by atoms with E-state index in [1.807, 2.05) is 43.3 Å². The molecule has 0 aliphatic heterocycles. The van der Waals surface area contributed by atoms with Crippen molar-refractivity contribution in [1.82, 2.24) is 5.32 Å².